The van der Waals surface area contributed by atoms with E-state index in [9.17, 15) is 14.0 Å². The van der Waals surface area contributed by atoms with Crippen molar-refractivity contribution in [1.82, 2.24) is 14.7 Å². The molecule has 1 fully saturated rings. The number of likely N-dealkylation sites (tertiary alicyclic amines) is 1. The van der Waals surface area contributed by atoms with Gasteiger partial charge in [-0.15, -0.1) is 0 Å². The Morgan fingerprint density at radius 1 is 1.22 bits per heavy atom. The van der Waals surface area contributed by atoms with E-state index in [0.29, 0.717) is 24.3 Å². The Bertz CT molecular complexity index is 893. The first-order valence-corrected chi connectivity index (χ1v) is 9.44. The highest BCUT2D eigenvalue weighted by atomic mass is 19.1. The zero-order chi connectivity index (χ0) is 19.0. The van der Waals surface area contributed by atoms with E-state index in [1.165, 1.54) is 12.1 Å². The van der Waals surface area contributed by atoms with Crippen molar-refractivity contribution in [2.75, 3.05) is 6.54 Å². The van der Waals surface area contributed by atoms with Gasteiger partial charge in [0.15, 0.2) is 5.69 Å². The summed E-state index contributed by atoms with van der Waals surface area (Å²) in [5.41, 5.74) is 2.89. The lowest BCUT2D eigenvalue weighted by Crippen LogP contribution is -2.37. The Morgan fingerprint density at radius 3 is 2.81 bits per heavy atom. The zero-order valence-electron chi connectivity index (χ0n) is 15.0. The van der Waals surface area contributed by atoms with E-state index in [1.807, 2.05) is 0 Å². The predicted octanol–water partition coefficient (Wildman–Crippen LogP) is 2.97. The summed E-state index contributed by atoms with van der Waals surface area (Å²) in [6, 6.07) is 5.92. The first-order valence-electron chi connectivity index (χ1n) is 9.44. The number of hydrogen-bond donors (Lipinski definition) is 1. The molecule has 4 rings (SSSR count). The molecule has 0 spiro atoms. The quantitative estimate of drug-likeness (QED) is 0.897. The average Bonchev–Trinajstić information content (AvgIpc) is 3.25. The van der Waals surface area contributed by atoms with Gasteiger partial charge >= 0.3 is 5.97 Å². The molecule has 2 aliphatic rings. The van der Waals surface area contributed by atoms with Gasteiger partial charge in [-0.2, -0.15) is 5.10 Å². The Kier molecular flexibility index (Phi) is 4.68. The standard InChI is InChI=1S/C20H22FN3O3/c21-13-5-3-6-15(11-13)24-17-9-2-1-8-16(17)19(22-24)20(27)23-10-4-7-14(23)12-18(25)26/h3,5-6,11,14H,1-2,4,7-10,12H2,(H,25,26). The molecular weight excluding hydrogens is 349 g/mol. The van der Waals surface area contributed by atoms with Gasteiger partial charge in [0.25, 0.3) is 5.91 Å². The average molecular weight is 371 g/mol. The van der Waals surface area contributed by atoms with Gasteiger partial charge in [-0.05, 0) is 56.7 Å². The van der Waals surface area contributed by atoms with Crippen LogP contribution in [0.5, 0.6) is 0 Å². The van der Waals surface area contributed by atoms with Crippen molar-refractivity contribution >= 4 is 11.9 Å². The number of carboxylic acids is 1. The number of carboxylic acid groups (broad SMARTS) is 1. The maximum Gasteiger partial charge on any atom is 0.305 e. The van der Waals surface area contributed by atoms with E-state index in [4.69, 9.17) is 5.11 Å². The van der Waals surface area contributed by atoms with Crippen LogP contribution in [0.15, 0.2) is 24.3 Å². The summed E-state index contributed by atoms with van der Waals surface area (Å²) in [6.07, 6.45) is 5.02. The van der Waals surface area contributed by atoms with Crippen molar-refractivity contribution < 1.29 is 19.1 Å². The Labute approximate surface area is 156 Å². The first-order chi connectivity index (χ1) is 13.0. The van der Waals surface area contributed by atoms with Crippen LogP contribution in [0.4, 0.5) is 4.39 Å². The second kappa shape index (κ2) is 7.13. The number of nitrogens with zero attached hydrogens (tertiary/aromatic N) is 3. The van der Waals surface area contributed by atoms with Gasteiger partial charge in [0.1, 0.15) is 5.82 Å². The second-order valence-corrected chi connectivity index (χ2v) is 7.27. The van der Waals surface area contributed by atoms with Crippen LogP contribution in [-0.4, -0.2) is 44.3 Å². The molecule has 1 unspecified atom stereocenters. The van der Waals surface area contributed by atoms with Crippen LogP contribution in [0.2, 0.25) is 0 Å². The van der Waals surface area contributed by atoms with E-state index in [-0.39, 0.29) is 24.2 Å². The van der Waals surface area contributed by atoms with Crippen LogP contribution in [0.1, 0.15) is 53.8 Å². The van der Waals surface area contributed by atoms with E-state index >= 15 is 0 Å². The molecule has 1 N–H and O–H groups in total. The number of hydrogen-bond acceptors (Lipinski definition) is 3. The van der Waals surface area contributed by atoms with Crippen molar-refractivity contribution in [1.29, 1.82) is 0 Å². The SMILES string of the molecule is O=C(O)CC1CCCN1C(=O)c1nn(-c2cccc(F)c2)c2c1CCCC2. The molecule has 0 bridgehead atoms. The highest BCUT2D eigenvalue weighted by molar-refractivity contribution is 5.95. The molecule has 1 aromatic heterocycles. The van der Waals surface area contributed by atoms with Crippen LogP contribution >= 0.6 is 0 Å². The number of carbonyl (C=O) groups is 2. The highest BCUT2D eigenvalue weighted by Gasteiger charge is 2.35. The van der Waals surface area contributed by atoms with Gasteiger partial charge in [-0.1, -0.05) is 6.07 Å². The van der Waals surface area contributed by atoms with Gasteiger partial charge in [0.05, 0.1) is 12.1 Å². The van der Waals surface area contributed by atoms with E-state index in [1.54, 1.807) is 21.7 Å². The fraction of sp³-hybridized carbons (Fsp3) is 0.450. The molecule has 0 radical (unpaired) electrons. The van der Waals surface area contributed by atoms with Crippen LogP contribution in [0.3, 0.4) is 0 Å². The molecule has 1 amide bonds. The number of benzene rings is 1. The van der Waals surface area contributed by atoms with Crippen molar-refractivity contribution in [2.45, 2.75) is 51.0 Å². The van der Waals surface area contributed by atoms with Crippen LogP contribution in [0.25, 0.3) is 5.69 Å². The smallest absolute Gasteiger partial charge is 0.305 e. The monoisotopic (exact) mass is 371 g/mol. The van der Waals surface area contributed by atoms with Gasteiger partial charge in [0, 0.05) is 23.8 Å². The van der Waals surface area contributed by atoms with Gasteiger partial charge in [-0.25, -0.2) is 9.07 Å². The Hall–Kier alpha value is -2.70. The predicted molar refractivity (Wildman–Crippen MR) is 96.5 cm³/mol. The van der Waals surface area contributed by atoms with Crippen LogP contribution in [-0.2, 0) is 17.6 Å². The summed E-state index contributed by atoms with van der Waals surface area (Å²) < 4.78 is 15.4. The number of rotatable bonds is 4. The largest absolute Gasteiger partial charge is 0.481 e. The molecule has 1 aromatic carbocycles. The summed E-state index contributed by atoms with van der Waals surface area (Å²) in [5, 5.41) is 13.7. The molecule has 142 valence electrons. The minimum atomic E-state index is -0.896. The number of fused-ring (bicyclic) bond motifs is 1. The third-order valence-electron chi connectivity index (χ3n) is 5.48. The summed E-state index contributed by atoms with van der Waals surface area (Å²) in [7, 11) is 0. The number of carbonyl (C=O) groups excluding carboxylic acids is 1. The second-order valence-electron chi connectivity index (χ2n) is 7.27. The fourth-order valence-corrected chi connectivity index (χ4v) is 4.25. The molecule has 7 heteroatoms. The van der Waals surface area contributed by atoms with E-state index < -0.39 is 5.97 Å². The summed E-state index contributed by atoms with van der Waals surface area (Å²) >= 11 is 0. The van der Waals surface area contributed by atoms with Crippen molar-refractivity contribution in [2.24, 2.45) is 0 Å². The fourth-order valence-electron chi connectivity index (χ4n) is 4.25. The number of aliphatic carboxylic acids is 1. The molecule has 2 heterocycles. The maximum absolute atomic E-state index is 13.7. The van der Waals surface area contributed by atoms with Crippen molar-refractivity contribution in [3.8, 4) is 5.69 Å². The Morgan fingerprint density at radius 2 is 2.04 bits per heavy atom. The van der Waals surface area contributed by atoms with Gasteiger partial charge < -0.3 is 10.0 Å². The molecular formula is C20H22FN3O3. The molecule has 1 aliphatic heterocycles. The lowest BCUT2D eigenvalue weighted by molar-refractivity contribution is -0.137. The highest BCUT2D eigenvalue weighted by Crippen LogP contribution is 2.30. The van der Waals surface area contributed by atoms with E-state index in [2.05, 4.69) is 5.10 Å². The minimum absolute atomic E-state index is 0.0431. The molecule has 0 saturated carbocycles. The lowest BCUT2D eigenvalue weighted by Gasteiger charge is -2.23. The molecule has 1 aliphatic carbocycles. The van der Waals surface area contributed by atoms with Crippen LogP contribution < -0.4 is 0 Å². The zero-order valence-corrected chi connectivity index (χ0v) is 15.0. The van der Waals surface area contributed by atoms with Crippen molar-refractivity contribution in [3.05, 3.63) is 47.0 Å². The third-order valence-corrected chi connectivity index (χ3v) is 5.48. The van der Waals surface area contributed by atoms with E-state index in [0.717, 1.165) is 43.4 Å². The lowest BCUT2D eigenvalue weighted by atomic mass is 9.95. The number of amides is 1. The molecule has 6 nitrogen and oxygen atoms in total. The molecule has 2 aromatic rings. The number of aromatic nitrogens is 2. The van der Waals surface area contributed by atoms with Gasteiger partial charge in [0.2, 0.25) is 0 Å². The minimum Gasteiger partial charge on any atom is -0.481 e. The van der Waals surface area contributed by atoms with Crippen LogP contribution in [0, 0.1) is 5.82 Å². The topological polar surface area (TPSA) is 75.4 Å². The first kappa shape index (κ1) is 17.7. The summed E-state index contributed by atoms with van der Waals surface area (Å²) in [5.74, 6) is -1.44. The normalized spacial score (nSPS) is 19.1. The Balaban J connectivity index is 1.73. The maximum atomic E-state index is 13.7. The summed E-state index contributed by atoms with van der Waals surface area (Å²) in [4.78, 5) is 26.0. The molecule has 27 heavy (non-hydrogen) atoms. The van der Waals surface area contributed by atoms with Crippen molar-refractivity contribution in [3.63, 3.8) is 0 Å². The number of halogens is 1. The molecule has 1 saturated heterocycles. The molecule has 1 atom stereocenters. The van der Waals surface area contributed by atoms with Gasteiger partial charge in [-0.3, -0.25) is 9.59 Å². The third kappa shape index (κ3) is 3.34. The summed E-state index contributed by atoms with van der Waals surface area (Å²) in [6.45, 7) is 0.554.